The van der Waals surface area contributed by atoms with E-state index in [4.69, 9.17) is 5.73 Å². The molecule has 2 heterocycles. The minimum Gasteiger partial charge on any atom is -0.366 e. The van der Waals surface area contributed by atoms with Crippen LogP contribution in [0.15, 0.2) is 12.1 Å². The van der Waals surface area contributed by atoms with Crippen LogP contribution in [0.2, 0.25) is 0 Å². The highest BCUT2D eigenvalue weighted by molar-refractivity contribution is 5.95. The van der Waals surface area contributed by atoms with Crippen molar-refractivity contribution in [1.29, 1.82) is 0 Å². The summed E-state index contributed by atoms with van der Waals surface area (Å²) < 4.78 is 14.4. The number of rotatable bonds is 3. The molecule has 3 rings (SSSR count). The van der Waals surface area contributed by atoms with E-state index in [2.05, 4.69) is 15.1 Å². The fourth-order valence-electron chi connectivity index (χ4n) is 3.35. The molecule has 1 amide bonds. The molecular formula is C17H22FN5O. The van der Waals surface area contributed by atoms with E-state index in [1.54, 1.807) is 13.0 Å². The Morgan fingerprint density at radius 3 is 2.33 bits per heavy atom. The molecule has 1 aliphatic heterocycles. The van der Waals surface area contributed by atoms with Gasteiger partial charge in [0.25, 0.3) is 0 Å². The molecule has 128 valence electrons. The van der Waals surface area contributed by atoms with Gasteiger partial charge >= 0.3 is 0 Å². The minimum atomic E-state index is -0.531. The van der Waals surface area contributed by atoms with Gasteiger partial charge in [-0.3, -0.25) is 9.89 Å². The van der Waals surface area contributed by atoms with Crippen LogP contribution in [0.5, 0.6) is 0 Å². The van der Waals surface area contributed by atoms with Gasteiger partial charge < -0.3 is 15.5 Å². The SMILES string of the molecule is Cc1cc(F)c(N2CCN(c3c(C)n[nH]c3C)CC2)cc1C(N)=O. The van der Waals surface area contributed by atoms with Crippen LogP contribution < -0.4 is 15.5 Å². The van der Waals surface area contributed by atoms with Crippen molar-refractivity contribution in [3.05, 3.63) is 40.5 Å². The monoisotopic (exact) mass is 331 g/mol. The summed E-state index contributed by atoms with van der Waals surface area (Å²) in [6.07, 6.45) is 0. The quantitative estimate of drug-likeness (QED) is 0.900. The summed E-state index contributed by atoms with van der Waals surface area (Å²) in [6, 6.07) is 2.95. The summed E-state index contributed by atoms with van der Waals surface area (Å²) in [5, 5.41) is 7.23. The Morgan fingerprint density at radius 2 is 1.79 bits per heavy atom. The van der Waals surface area contributed by atoms with E-state index in [9.17, 15) is 9.18 Å². The Labute approximate surface area is 140 Å². The van der Waals surface area contributed by atoms with Crippen molar-refractivity contribution < 1.29 is 9.18 Å². The first-order chi connectivity index (χ1) is 11.4. The third-order valence-electron chi connectivity index (χ3n) is 4.59. The second-order valence-corrected chi connectivity index (χ2v) is 6.24. The topological polar surface area (TPSA) is 78.2 Å². The van der Waals surface area contributed by atoms with Crippen LogP contribution in [0.3, 0.4) is 0 Å². The van der Waals surface area contributed by atoms with Crippen molar-refractivity contribution in [3.63, 3.8) is 0 Å². The molecule has 0 unspecified atom stereocenters. The van der Waals surface area contributed by atoms with Crippen LogP contribution >= 0.6 is 0 Å². The average molecular weight is 331 g/mol. The number of nitrogens with one attached hydrogen (secondary N) is 1. The van der Waals surface area contributed by atoms with Crippen LogP contribution in [0.1, 0.15) is 27.3 Å². The number of nitrogens with zero attached hydrogens (tertiary/aromatic N) is 3. The van der Waals surface area contributed by atoms with Gasteiger partial charge in [-0.05, 0) is 38.5 Å². The first-order valence-corrected chi connectivity index (χ1v) is 8.00. The van der Waals surface area contributed by atoms with Gasteiger partial charge in [-0.2, -0.15) is 5.10 Å². The molecule has 6 nitrogen and oxygen atoms in total. The summed E-state index contributed by atoms with van der Waals surface area (Å²) in [7, 11) is 0. The van der Waals surface area contributed by atoms with Gasteiger partial charge in [0.15, 0.2) is 0 Å². The lowest BCUT2D eigenvalue weighted by atomic mass is 10.1. The zero-order valence-corrected chi connectivity index (χ0v) is 14.2. The van der Waals surface area contributed by atoms with Crippen molar-refractivity contribution in [2.45, 2.75) is 20.8 Å². The van der Waals surface area contributed by atoms with Crippen molar-refractivity contribution in [2.24, 2.45) is 5.73 Å². The third kappa shape index (κ3) is 2.81. The van der Waals surface area contributed by atoms with Gasteiger partial charge in [0.2, 0.25) is 5.91 Å². The maximum atomic E-state index is 14.4. The third-order valence-corrected chi connectivity index (χ3v) is 4.59. The Morgan fingerprint density at radius 1 is 1.17 bits per heavy atom. The number of primary amides is 1. The van der Waals surface area contributed by atoms with E-state index >= 15 is 0 Å². The highest BCUT2D eigenvalue weighted by Gasteiger charge is 2.24. The molecule has 0 bridgehead atoms. The number of amides is 1. The van der Waals surface area contributed by atoms with Gasteiger partial charge in [0, 0.05) is 31.7 Å². The van der Waals surface area contributed by atoms with E-state index in [0.717, 1.165) is 30.2 Å². The predicted octanol–water partition coefficient (Wildman–Crippen LogP) is 1.90. The smallest absolute Gasteiger partial charge is 0.249 e. The lowest BCUT2D eigenvalue weighted by molar-refractivity contribution is 0.0999. The first-order valence-electron chi connectivity index (χ1n) is 8.00. The summed E-state index contributed by atoms with van der Waals surface area (Å²) >= 11 is 0. The van der Waals surface area contributed by atoms with E-state index in [1.165, 1.54) is 6.07 Å². The fraction of sp³-hybridized carbons (Fsp3) is 0.412. The van der Waals surface area contributed by atoms with E-state index in [-0.39, 0.29) is 5.82 Å². The van der Waals surface area contributed by atoms with Crippen LogP contribution in [0, 0.1) is 26.6 Å². The van der Waals surface area contributed by atoms with Gasteiger partial charge in [-0.15, -0.1) is 0 Å². The summed E-state index contributed by atoms with van der Waals surface area (Å²) in [4.78, 5) is 15.7. The summed E-state index contributed by atoms with van der Waals surface area (Å²) in [5.74, 6) is -0.848. The van der Waals surface area contributed by atoms with E-state index in [1.807, 2.05) is 18.7 Å². The number of benzene rings is 1. The highest BCUT2D eigenvalue weighted by Crippen LogP contribution is 2.28. The lowest BCUT2D eigenvalue weighted by Crippen LogP contribution is -2.47. The van der Waals surface area contributed by atoms with Crippen molar-refractivity contribution >= 4 is 17.3 Å². The number of nitrogens with two attached hydrogens (primary N) is 1. The number of anilines is 2. The van der Waals surface area contributed by atoms with Crippen LogP contribution in [0.4, 0.5) is 15.8 Å². The fourth-order valence-corrected chi connectivity index (χ4v) is 3.35. The molecule has 0 atom stereocenters. The summed E-state index contributed by atoms with van der Waals surface area (Å²) in [6.45, 7) is 8.53. The number of hydrogen-bond donors (Lipinski definition) is 2. The Kier molecular flexibility index (Phi) is 4.17. The maximum Gasteiger partial charge on any atom is 0.249 e. The second-order valence-electron chi connectivity index (χ2n) is 6.24. The number of carbonyl (C=O) groups is 1. The zero-order chi connectivity index (χ0) is 17.4. The molecule has 7 heteroatoms. The van der Waals surface area contributed by atoms with Crippen molar-refractivity contribution in [3.8, 4) is 0 Å². The van der Waals surface area contributed by atoms with Gasteiger partial charge in [-0.1, -0.05) is 0 Å². The van der Waals surface area contributed by atoms with Gasteiger partial charge in [0.1, 0.15) is 5.82 Å². The number of halogens is 1. The van der Waals surface area contributed by atoms with Crippen LogP contribution in [0.25, 0.3) is 0 Å². The Hall–Kier alpha value is -2.57. The van der Waals surface area contributed by atoms with Crippen LogP contribution in [-0.2, 0) is 0 Å². The molecule has 1 aromatic heterocycles. The van der Waals surface area contributed by atoms with Gasteiger partial charge in [0.05, 0.1) is 22.8 Å². The molecule has 0 saturated carbocycles. The number of H-pyrrole nitrogens is 1. The standard InChI is InChI=1S/C17H22FN5O/c1-10-8-14(18)15(9-13(10)17(19)24)22-4-6-23(7-5-22)16-11(2)20-21-12(16)3/h8-9H,4-7H2,1-3H3,(H2,19,24)(H,20,21). The summed E-state index contributed by atoms with van der Waals surface area (Å²) in [5.41, 5.74) is 9.89. The molecule has 24 heavy (non-hydrogen) atoms. The Balaban J connectivity index is 1.80. The molecule has 1 saturated heterocycles. The van der Waals surface area contributed by atoms with Gasteiger partial charge in [-0.25, -0.2) is 4.39 Å². The molecule has 0 aliphatic carbocycles. The first kappa shape index (κ1) is 16.3. The molecule has 3 N–H and O–H groups in total. The highest BCUT2D eigenvalue weighted by atomic mass is 19.1. The molecular weight excluding hydrogens is 309 g/mol. The number of hydrogen-bond acceptors (Lipinski definition) is 4. The van der Waals surface area contributed by atoms with Crippen molar-refractivity contribution in [1.82, 2.24) is 10.2 Å². The van der Waals surface area contributed by atoms with Crippen LogP contribution in [-0.4, -0.2) is 42.3 Å². The molecule has 2 aromatic rings. The average Bonchev–Trinajstić information content (AvgIpc) is 2.86. The molecule has 0 radical (unpaired) electrons. The van der Waals surface area contributed by atoms with E-state index < -0.39 is 5.91 Å². The number of carbonyl (C=O) groups excluding carboxylic acids is 1. The minimum absolute atomic E-state index is 0.318. The molecule has 1 fully saturated rings. The maximum absolute atomic E-state index is 14.4. The predicted molar refractivity (Wildman–Crippen MR) is 92.1 cm³/mol. The number of piperazine rings is 1. The normalized spacial score (nSPS) is 15.0. The largest absolute Gasteiger partial charge is 0.366 e. The molecule has 1 aliphatic rings. The van der Waals surface area contributed by atoms with Crippen molar-refractivity contribution in [2.75, 3.05) is 36.0 Å². The molecule has 1 aromatic carbocycles. The number of aryl methyl sites for hydroxylation is 3. The Bertz CT molecular complexity index is 758. The lowest BCUT2D eigenvalue weighted by Gasteiger charge is -2.37. The molecule has 0 spiro atoms. The zero-order valence-electron chi connectivity index (χ0n) is 14.2. The van der Waals surface area contributed by atoms with E-state index in [0.29, 0.717) is 29.9 Å². The second kappa shape index (κ2) is 6.14. The number of aromatic amines is 1. The number of aromatic nitrogens is 2.